The zero-order chi connectivity index (χ0) is 21.8. The second kappa shape index (κ2) is 9.78. The minimum absolute atomic E-state index is 0.0465. The van der Waals surface area contributed by atoms with E-state index >= 15 is 0 Å². The molecule has 0 radical (unpaired) electrons. The molecular formula is C23H30N4O3S. The number of piperazine rings is 1. The second-order valence-electron chi connectivity index (χ2n) is 8.28. The maximum atomic E-state index is 12.9. The Bertz CT molecular complexity index is 906. The van der Waals surface area contributed by atoms with Gasteiger partial charge in [-0.3, -0.25) is 14.5 Å². The van der Waals surface area contributed by atoms with Crippen molar-refractivity contribution in [1.82, 2.24) is 19.7 Å². The third-order valence-electron chi connectivity index (χ3n) is 6.17. The fourth-order valence-corrected chi connectivity index (χ4v) is 5.14. The minimum atomic E-state index is -0.0465. The van der Waals surface area contributed by atoms with E-state index in [9.17, 15) is 9.59 Å². The summed E-state index contributed by atoms with van der Waals surface area (Å²) in [5.74, 6) is 1.07. The van der Waals surface area contributed by atoms with Gasteiger partial charge in [-0.15, -0.1) is 11.3 Å². The van der Waals surface area contributed by atoms with Crippen LogP contribution in [0.2, 0.25) is 0 Å². The predicted molar refractivity (Wildman–Crippen MR) is 121 cm³/mol. The van der Waals surface area contributed by atoms with Gasteiger partial charge in [-0.1, -0.05) is 0 Å². The van der Waals surface area contributed by atoms with Gasteiger partial charge in [-0.25, -0.2) is 4.98 Å². The van der Waals surface area contributed by atoms with Crippen molar-refractivity contribution in [2.24, 2.45) is 5.92 Å². The molecule has 1 aromatic heterocycles. The molecule has 1 aromatic carbocycles. The Morgan fingerprint density at radius 2 is 1.84 bits per heavy atom. The number of hydrogen-bond donors (Lipinski definition) is 0. The second-order valence-corrected chi connectivity index (χ2v) is 9.14. The lowest BCUT2D eigenvalue weighted by molar-refractivity contribution is -0.141. The highest BCUT2D eigenvalue weighted by molar-refractivity contribution is 7.13. The van der Waals surface area contributed by atoms with Crippen molar-refractivity contribution in [1.29, 1.82) is 0 Å². The maximum Gasteiger partial charge on any atom is 0.227 e. The van der Waals surface area contributed by atoms with Crippen LogP contribution in [-0.2, 0) is 16.1 Å². The number of likely N-dealkylation sites (tertiary alicyclic amines) is 1. The van der Waals surface area contributed by atoms with Crippen LogP contribution in [0.1, 0.15) is 25.5 Å². The van der Waals surface area contributed by atoms with Crippen molar-refractivity contribution < 1.29 is 14.3 Å². The number of hydrogen-bond acceptors (Lipinski definition) is 6. The van der Waals surface area contributed by atoms with Gasteiger partial charge in [0.05, 0.1) is 18.7 Å². The average molecular weight is 443 g/mol. The van der Waals surface area contributed by atoms with Gasteiger partial charge < -0.3 is 14.5 Å². The number of ether oxygens (including phenoxy) is 1. The molecule has 0 spiro atoms. The van der Waals surface area contributed by atoms with E-state index in [0.29, 0.717) is 6.54 Å². The van der Waals surface area contributed by atoms with Gasteiger partial charge in [0.2, 0.25) is 11.8 Å². The van der Waals surface area contributed by atoms with E-state index in [2.05, 4.69) is 10.3 Å². The van der Waals surface area contributed by atoms with Gasteiger partial charge in [-0.2, -0.15) is 0 Å². The molecule has 8 heteroatoms. The molecule has 0 saturated carbocycles. The summed E-state index contributed by atoms with van der Waals surface area (Å²) in [6, 6.07) is 7.97. The molecule has 2 saturated heterocycles. The molecule has 0 bridgehead atoms. The van der Waals surface area contributed by atoms with E-state index in [1.54, 1.807) is 25.4 Å². The van der Waals surface area contributed by atoms with Crippen molar-refractivity contribution in [3.8, 4) is 16.3 Å². The first-order valence-corrected chi connectivity index (χ1v) is 11.8. The summed E-state index contributed by atoms with van der Waals surface area (Å²) in [6.07, 6.45) is 1.80. The van der Waals surface area contributed by atoms with Gasteiger partial charge in [0.1, 0.15) is 10.8 Å². The Balaban J connectivity index is 1.28. The predicted octanol–water partition coefficient (Wildman–Crippen LogP) is 2.72. The van der Waals surface area contributed by atoms with E-state index < -0.39 is 0 Å². The first-order valence-electron chi connectivity index (χ1n) is 10.9. The Labute approximate surface area is 187 Å². The van der Waals surface area contributed by atoms with E-state index in [-0.39, 0.29) is 17.7 Å². The van der Waals surface area contributed by atoms with E-state index in [1.165, 1.54) is 0 Å². The monoisotopic (exact) mass is 442 g/mol. The first-order chi connectivity index (χ1) is 15.0. The van der Waals surface area contributed by atoms with Crippen LogP contribution in [0.15, 0.2) is 29.6 Å². The molecule has 2 aliphatic rings. The number of carbonyl (C=O) groups excluding carboxylic acids is 2. The molecule has 4 rings (SSSR count). The molecule has 2 amide bonds. The number of aromatic nitrogens is 1. The van der Waals surface area contributed by atoms with Crippen LogP contribution >= 0.6 is 11.3 Å². The molecule has 7 nitrogen and oxygen atoms in total. The zero-order valence-corrected chi connectivity index (χ0v) is 19.1. The molecule has 1 atom stereocenters. The standard InChI is InChI=1S/C23H30N4O3S/c1-17(28)27-9-3-4-19(14-27)23(29)26-12-10-25(11-13-26)15-20-16-31-22(24-20)18-5-7-21(30-2)8-6-18/h5-8,16,19H,3-4,9-15H2,1-2H3. The third-order valence-corrected chi connectivity index (χ3v) is 7.11. The molecule has 2 fully saturated rings. The lowest BCUT2D eigenvalue weighted by atomic mass is 9.96. The smallest absolute Gasteiger partial charge is 0.227 e. The molecule has 2 aromatic rings. The minimum Gasteiger partial charge on any atom is -0.497 e. The Hall–Kier alpha value is -2.45. The Kier molecular flexibility index (Phi) is 6.87. The average Bonchev–Trinajstić information content (AvgIpc) is 3.27. The molecule has 166 valence electrons. The highest BCUT2D eigenvalue weighted by Gasteiger charge is 2.31. The number of nitrogens with zero attached hydrogens (tertiary/aromatic N) is 4. The van der Waals surface area contributed by atoms with Gasteiger partial charge in [0, 0.05) is 63.7 Å². The van der Waals surface area contributed by atoms with E-state index in [1.807, 2.05) is 34.1 Å². The highest BCUT2D eigenvalue weighted by Crippen LogP contribution is 2.26. The first kappa shape index (κ1) is 21.8. The number of amides is 2. The number of thiazole rings is 1. The Morgan fingerprint density at radius 3 is 2.52 bits per heavy atom. The van der Waals surface area contributed by atoms with Crippen LogP contribution in [0.3, 0.4) is 0 Å². The maximum absolute atomic E-state index is 12.9. The van der Waals surface area contributed by atoms with Crippen molar-refractivity contribution in [3.05, 3.63) is 35.3 Å². The lowest BCUT2D eigenvalue weighted by Crippen LogP contribution is -2.52. The zero-order valence-electron chi connectivity index (χ0n) is 18.2. The van der Waals surface area contributed by atoms with Crippen LogP contribution in [0.5, 0.6) is 5.75 Å². The Morgan fingerprint density at radius 1 is 1.10 bits per heavy atom. The van der Waals surface area contributed by atoms with Crippen molar-refractivity contribution in [3.63, 3.8) is 0 Å². The molecule has 0 N–H and O–H groups in total. The number of benzene rings is 1. The molecule has 0 aliphatic carbocycles. The topological polar surface area (TPSA) is 66.0 Å². The van der Waals surface area contributed by atoms with E-state index in [4.69, 9.17) is 9.72 Å². The van der Waals surface area contributed by atoms with Crippen molar-refractivity contribution in [2.45, 2.75) is 26.3 Å². The number of carbonyl (C=O) groups is 2. The summed E-state index contributed by atoms with van der Waals surface area (Å²) in [4.78, 5) is 35.6. The summed E-state index contributed by atoms with van der Waals surface area (Å²) in [7, 11) is 1.67. The van der Waals surface area contributed by atoms with Crippen molar-refractivity contribution >= 4 is 23.2 Å². The fraction of sp³-hybridized carbons (Fsp3) is 0.522. The molecule has 31 heavy (non-hydrogen) atoms. The van der Waals surface area contributed by atoms with Gasteiger partial charge >= 0.3 is 0 Å². The third kappa shape index (κ3) is 5.25. The number of piperidine rings is 1. The molecule has 1 unspecified atom stereocenters. The van der Waals surface area contributed by atoms with Gasteiger partial charge in [0.25, 0.3) is 0 Å². The van der Waals surface area contributed by atoms with Crippen LogP contribution < -0.4 is 4.74 Å². The van der Waals surface area contributed by atoms with Gasteiger partial charge in [0.15, 0.2) is 0 Å². The summed E-state index contributed by atoms with van der Waals surface area (Å²) in [5.41, 5.74) is 2.17. The molecular weight excluding hydrogens is 412 g/mol. The van der Waals surface area contributed by atoms with Gasteiger partial charge in [-0.05, 0) is 37.1 Å². The molecule has 3 heterocycles. The highest BCUT2D eigenvalue weighted by atomic mass is 32.1. The SMILES string of the molecule is COc1ccc(-c2nc(CN3CCN(C(=O)C4CCCN(C(C)=O)C4)CC3)cs2)cc1. The van der Waals surface area contributed by atoms with Crippen LogP contribution in [0.4, 0.5) is 0 Å². The van der Waals surface area contributed by atoms with Crippen LogP contribution in [0, 0.1) is 5.92 Å². The fourth-order valence-electron chi connectivity index (χ4n) is 4.32. The largest absolute Gasteiger partial charge is 0.497 e. The van der Waals surface area contributed by atoms with Crippen molar-refractivity contribution in [2.75, 3.05) is 46.4 Å². The van der Waals surface area contributed by atoms with Crippen LogP contribution in [-0.4, -0.2) is 77.9 Å². The lowest BCUT2D eigenvalue weighted by Gasteiger charge is -2.38. The van der Waals surface area contributed by atoms with Crippen LogP contribution in [0.25, 0.3) is 10.6 Å². The summed E-state index contributed by atoms with van der Waals surface area (Å²) in [6.45, 7) is 6.92. The molecule has 2 aliphatic heterocycles. The number of methoxy groups -OCH3 is 1. The summed E-state index contributed by atoms with van der Waals surface area (Å²) >= 11 is 1.66. The number of rotatable bonds is 5. The quantitative estimate of drug-likeness (QED) is 0.712. The van der Waals surface area contributed by atoms with E-state index in [0.717, 1.165) is 74.1 Å². The normalized spacial score (nSPS) is 20.0. The summed E-state index contributed by atoms with van der Waals surface area (Å²) < 4.78 is 5.22. The summed E-state index contributed by atoms with van der Waals surface area (Å²) in [5, 5.41) is 3.13.